The predicted molar refractivity (Wildman–Crippen MR) is 92.6 cm³/mol. The van der Waals surface area contributed by atoms with Gasteiger partial charge in [0.25, 0.3) is 0 Å². The van der Waals surface area contributed by atoms with Crippen LogP contribution in [0.4, 0.5) is 0 Å². The smallest absolute Gasteiger partial charge is 0.100 e. The zero-order valence-corrected chi connectivity index (χ0v) is 14.2. The lowest BCUT2D eigenvalue weighted by Gasteiger charge is -2.28. The Balaban J connectivity index is 2.19. The number of nitrogens with zero attached hydrogens (tertiary/aromatic N) is 1. The van der Waals surface area contributed by atoms with Gasteiger partial charge in [0, 0.05) is 10.9 Å². The van der Waals surface area contributed by atoms with Gasteiger partial charge in [-0.3, -0.25) is 0 Å². The number of benzene rings is 1. The van der Waals surface area contributed by atoms with Crippen LogP contribution in [0.25, 0.3) is 0 Å². The summed E-state index contributed by atoms with van der Waals surface area (Å²) in [5, 5.41) is 11.7. The Morgan fingerprint density at radius 3 is 2.24 bits per heavy atom. The molecule has 1 aromatic heterocycles. The molecule has 1 aromatic carbocycles. The minimum absolute atomic E-state index is 0.00213. The van der Waals surface area contributed by atoms with Crippen LogP contribution in [0, 0.1) is 0 Å². The molecule has 0 bridgehead atoms. The van der Waals surface area contributed by atoms with Crippen molar-refractivity contribution < 1.29 is 5.11 Å². The molecule has 1 N–H and O–H groups in total. The van der Waals surface area contributed by atoms with E-state index in [1.807, 2.05) is 48.5 Å². The van der Waals surface area contributed by atoms with E-state index in [1.54, 1.807) is 29.7 Å². The first-order valence-electron chi connectivity index (χ1n) is 6.94. The van der Waals surface area contributed by atoms with Gasteiger partial charge in [-0.2, -0.15) is 0 Å². The van der Waals surface area contributed by atoms with E-state index in [9.17, 15) is 5.11 Å². The summed E-state index contributed by atoms with van der Waals surface area (Å²) in [4.78, 5) is 4.36. The molecule has 0 unspecified atom stereocenters. The summed E-state index contributed by atoms with van der Waals surface area (Å²) in [5.74, 6) is 0. The van der Waals surface area contributed by atoms with Gasteiger partial charge in [-0.25, -0.2) is 4.98 Å². The fraction of sp³-hybridized carbons (Fsp3) is 0.353. The zero-order valence-electron chi connectivity index (χ0n) is 12.6. The summed E-state index contributed by atoms with van der Waals surface area (Å²) in [5.41, 5.74) is 0.947. The third kappa shape index (κ3) is 5.38. The molecular weight excluding hydrogens is 298 g/mol. The SMILES string of the molecule is CC(C)(C)S[C@@H](Sc1ccccn1)[C@@H](O)c1ccccc1. The molecule has 1 heterocycles. The number of hydrogen-bond donors (Lipinski definition) is 1. The Hall–Kier alpha value is -0.970. The molecule has 0 fully saturated rings. The van der Waals surface area contributed by atoms with Gasteiger partial charge in [-0.15, -0.1) is 11.8 Å². The van der Waals surface area contributed by atoms with Crippen molar-refractivity contribution >= 4 is 23.5 Å². The second-order valence-corrected chi connectivity index (χ2v) is 9.17. The van der Waals surface area contributed by atoms with Crippen LogP contribution in [0.2, 0.25) is 0 Å². The number of thioether (sulfide) groups is 2. The Labute approximate surface area is 135 Å². The molecule has 2 nitrogen and oxygen atoms in total. The van der Waals surface area contributed by atoms with E-state index in [2.05, 4.69) is 25.8 Å². The first-order valence-corrected chi connectivity index (χ1v) is 8.70. The standard InChI is InChI=1S/C17H21NOS2/c1-17(2,3)21-16(20-14-11-7-8-12-18-14)15(19)13-9-5-4-6-10-13/h4-12,15-16,19H,1-3H3/t15-,16+/m0/s1. The lowest BCUT2D eigenvalue weighted by molar-refractivity contribution is 0.196. The van der Waals surface area contributed by atoms with Crippen LogP contribution in [-0.4, -0.2) is 19.4 Å². The second kappa shape index (κ2) is 7.34. The Morgan fingerprint density at radius 1 is 1.00 bits per heavy atom. The van der Waals surface area contributed by atoms with Gasteiger partial charge >= 0.3 is 0 Å². The first kappa shape index (κ1) is 16.4. The fourth-order valence-corrected chi connectivity index (χ4v) is 4.98. The minimum atomic E-state index is -0.526. The molecule has 0 spiro atoms. The molecule has 0 radical (unpaired) electrons. The van der Waals surface area contributed by atoms with E-state index in [-0.39, 0.29) is 9.33 Å². The molecule has 2 rings (SSSR count). The average molecular weight is 319 g/mol. The van der Waals surface area contributed by atoms with E-state index in [0.717, 1.165) is 10.6 Å². The highest BCUT2D eigenvalue weighted by molar-refractivity contribution is 8.17. The normalized spacial score (nSPS) is 14.7. The first-order chi connectivity index (χ1) is 9.96. The largest absolute Gasteiger partial charge is 0.386 e. The third-order valence-electron chi connectivity index (χ3n) is 2.74. The number of aliphatic hydroxyl groups is 1. The monoisotopic (exact) mass is 319 g/mol. The maximum atomic E-state index is 10.7. The zero-order chi connectivity index (χ0) is 15.3. The van der Waals surface area contributed by atoms with Crippen molar-refractivity contribution in [1.82, 2.24) is 4.98 Å². The molecule has 0 amide bonds. The molecule has 0 aliphatic carbocycles. The highest BCUT2D eigenvalue weighted by Crippen LogP contribution is 2.43. The number of pyridine rings is 1. The molecule has 4 heteroatoms. The van der Waals surface area contributed by atoms with Crippen molar-refractivity contribution in [1.29, 1.82) is 0 Å². The Bertz CT molecular complexity index is 540. The topological polar surface area (TPSA) is 33.1 Å². The van der Waals surface area contributed by atoms with Crippen LogP contribution in [0.1, 0.15) is 32.4 Å². The Morgan fingerprint density at radius 2 is 1.67 bits per heavy atom. The summed E-state index contributed by atoms with van der Waals surface area (Å²) in [6.45, 7) is 6.50. The maximum absolute atomic E-state index is 10.7. The molecule has 21 heavy (non-hydrogen) atoms. The van der Waals surface area contributed by atoms with Gasteiger partial charge in [0.2, 0.25) is 0 Å². The van der Waals surface area contributed by atoms with Gasteiger partial charge in [0.1, 0.15) is 6.10 Å². The number of rotatable bonds is 5. The van der Waals surface area contributed by atoms with Crippen molar-refractivity contribution in [2.24, 2.45) is 0 Å². The molecule has 0 aliphatic heterocycles. The summed E-state index contributed by atoms with van der Waals surface area (Å²) in [6.07, 6.45) is 1.26. The Kier molecular flexibility index (Phi) is 5.73. The van der Waals surface area contributed by atoms with Crippen molar-refractivity contribution in [3.8, 4) is 0 Å². The van der Waals surface area contributed by atoms with Gasteiger partial charge in [-0.05, 0) is 17.7 Å². The van der Waals surface area contributed by atoms with Crippen LogP contribution in [0.3, 0.4) is 0 Å². The van der Waals surface area contributed by atoms with Crippen molar-refractivity contribution in [3.05, 3.63) is 60.3 Å². The van der Waals surface area contributed by atoms with E-state index in [0.29, 0.717) is 0 Å². The third-order valence-corrected chi connectivity index (χ3v) is 5.49. The molecule has 112 valence electrons. The van der Waals surface area contributed by atoms with Crippen LogP contribution in [0.15, 0.2) is 59.8 Å². The van der Waals surface area contributed by atoms with Crippen molar-refractivity contribution in [3.63, 3.8) is 0 Å². The van der Waals surface area contributed by atoms with E-state index in [1.165, 1.54) is 0 Å². The highest BCUT2D eigenvalue weighted by Gasteiger charge is 2.28. The van der Waals surface area contributed by atoms with Crippen LogP contribution < -0.4 is 0 Å². The molecular formula is C17H21NOS2. The van der Waals surface area contributed by atoms with Gasteiger partial charge in [0.05, 0.1) is 9.61 Å². The van der Waals surface area contributed by atoms with E-state index >= 15 is 0 Å². The van der Waals surface area contributed by atoms with Gasteiger partial charge < -0.3 is 5.11 Å². The number of aromatic nitrogens is 1. The predicted octanol–water partition coefficient (Wildman–Crippen LogP) is 4.77. The number of aliphatic hydroxyl groups excluding tert-OH is 1. The van der Waals surface area contributed by atoms with Crippen LogP contribution in [0.5, 0.6) is 0 Å². The molecule has 0 saturated heterocycles. The van der Waals surface area contributed by atoms with Crippen LogP contribution >= 0.6 is 23.5 Å². The van der Waals surface area contributed by atoms with Crippen LogP contribution in [-0.2, 0) is 0 Å². The highest BCUT2D eigenvalue weighted by atomic mass is 32.2. The summed E-state index contributed by atoms with van der Waals surface area (Å²) in [6, 6.07) is 15.7. The second-order valence-electron chi connectivity index (χ2n) is 5.74. The average Bonchev–Trinajstić information content (AvgIpc) is 2.46. The van der Waals surface area contributed by atoms with E-state index < -0.39 is 6.10 Å². The van der Waals surface area contributed by atoms with Crippen molar-refractivity contribution in [2.45, 2.75) is 41.2 Å². The molecule has 2 atom stereocenters. The quantitative estimate of drug-likeness (QED) is 0.636. The molecule has 2 aromatic rings. The summed E-state index contributed by atoms with van der Waals surface area (Å²) >= 11 is 3.39. The molecule has 0 aliphatic rings. The van der Waals surface area contributed by atoms with Gasteiger partial charge in [0.15, 0.2) is 0 Å². The lowest BCUT2D eigenvalue weighted by atomic mass is 10.1. The minimum Gasteiger partial charge on any atom is -0.386 e. The molecule has 0 saturated carbocycles. The summed E-state index contributed by atoms with van der Waals surface area (Å²) < 4.78 is 0.0738. The maximum Gasteiger partial charge on any atom is 0.100 e. The fourth-order valence-electron chi connectivity index (χ4n) is 1.84. The van der Waals surface area contributed by atoms with E-state index in [4.69, 9.17) is 0 Å². The lowest BCUT2D eigenvalue weighted by Crippen LogP contribution is -2.19. The van der Waals surface area contributed by atoms with Gasteiger partial charge in [-0.1, -0.05) is 68.9 Å². The number of hydrogen-bond acceptors (Lipinski definition) is 4. The van der Waals surface area contributed by atoms with Crippen molar-refractivity contribution in [2.75, 3.05) is 0 Å². The summed E-state index contributed by atoms with van der Waals surface area (Å²) in [7, 11) is 0.